The average molecular weight is 321 g/mol. The van der Waals surface area contributed by atoms with Crippen molar-refractivity contribution in [2.24, 2.45) is 5.41 Å². The van der Waals surface area contributed by atoms with E-state index in [4.69, 9.17) is 4.74 Å². The molecule has 0 saturated carbocycles. The summed E-state index contributed by atoms with van der Waals surface area (Å²) in [4.78, 5) is 0. The molecular weight excluding hydrogens is 306 g/mol. The van der Waals surface area contributed by atoms with Gasteiger partial charge in [0.05, 0.1) is 17.7 Å². The van der Waals surface area contributed by atoms with Gasteiger partial charge >= 0.3 is 0 Å². The van der Waals surface area contributed by atoms with Crippen LogP contribution < -0.4 is 0 Å². The Morgan fingerprint density at radius 2 is 2.17 bits per heavy atom. The van der Waals surface area contributed by atoms with E-state index in [1.54, 1.807) is 0 Å². The summed E-state index contributed by atoms with van der Waals surface area (Å²) in [6.07, 6.45) is 1.67. The van der Waals surface area contributed by atoms with Crippen LogP contribution in [0.2, 0.25) is 0 Å². The van der Waals surface area contributed by atoms with Gasteiger partial charge in [-0.2, -0.15) is 0 Å². The monoisotopic (exact) mass is 320 g/mol. The molecule has 1 aromatic rings. The molecule has 100 valence electrons. The molecule has 0 aliphatic carbocycles. The van der Waals surface area contributed by atoms with E-state index in [-0.39, 0.29) is 23.1 Å². The molecule has 0 bridgehead atoms. The fourth-order valence-corrected chi connectivity index (χ4v) is 2.71. The van der Waals surface area contributed by atoms with Crippen LogP contribution in [-0.4, -0.2) is 24.9 Å². The summed E-state index contributed by atoms with van der Waals surface area (Å²) in [6, 6.07) is 2.58. The second kappa shape index (κ2) is 5.63. The fourth-order valence-electron chi connectivity index (χ4n) is 2.34. The number of aliphatic hydroxyl groups is 1. The Hall–Kier alpha value is -0.520. The van der Waals surface area contributed by atoms with Crippen LogP contribution in [0.4, 0.5) is 8.78 Å². The van der Waals surface area contributed by atoms with Crippen molar-refractivity contribution in [3.63, 3.8) is 0 Å². The van der Waals surface area contributed by atoms with Crippen molar-refractivity contribution in [1.29, 1.82) is 0 Å². The van der Waals surface area contributed by atoms with Gasteiger partial charge in [0.25, 0.3) is 0 Å². The minimum atomic E-state index is -0.589. The second-order valence-corrected chi connectivity index (χ2v) is 5.67. The first kappa shape index (κ1) is 13.9. The predicted molar refractivity (Wildman–Crippen MR) is 67.3 cm³/mol. The van der Waals surface area contributed by atoms with Crippen LogP contribution in [0.5, 0.6) is 0 Å². The summed E-state index contributed by atoms with van der Waals surface area (Å²) in [7, 11) is 0. The first-order valence-electron chi connectivity index (χ1n) is 5.89. The van der Waals surface area contributed by atoms with Crippen LogP contribution in [0.3, 0.4) is 0 Å². The number of aliphatic hydroxyl groups excluding tert-OH is 1. The molecule has 1 unspecified atom stereocenters. The molecular formula is C13H15BrF2O2. The van der Waals surface area contributed by atoms with E-state index in [2.05, 4.69) is 15.9 Å². The van der Waals surface area contributed by atoms with E-state index in [1.807, 2.05) is 0 Å². The molecule has 0 radical (unpaired) electrons. The van der Waals surface area contributed by atoms with Crippen LogP contribution in [0, 0.1) is 17.0 Å². The summed E-state index contributed by atoms with van der Waals surface area (Å²) < 4.78 is 33.2. The van der Waals surface area contributed by atoms with Gasteiger partial charge in [0.15, 0.2) is 0 Å². The molecule has 1 N–H and O–H groups in total. The maximum absolute atomic E-state index is 13.9. The van der Waals surface area contributed by atoms with Gasteiger partial charge in [0.2, 0.25) is 0 Å². The van der Waals surface area contributed by atoms with Gasteiger partial charge in [0.1, 0.15) is 11.6 Å². The first-order valence-corrected chi connectivity index (χ1v) is 6.68. The molecule has 1 aromatic carbocycles. The Labute approximate surface area is 113 Å². The number of hydrogen-bond acceptors (Lipinski definition) is 2. The van der Waals surface area contributed by atoms with E-state index in [0.717, 1.165) is 12.8 Å². The highest BCUT2D eigenvalue weighted by Gasteiger charge is 2.34. The Kier molecular flexibility index (Phi) is 4.35. The zero-order valence-corrected chi connectivity index (χ0v) is 11.5. The summed E-state index contributed by atoms with van der Waals surface area (Å²) in [6.45, 7) is 0.860. The summed E-state index contributed by atoms with van der Waals surface area (Å²) in [5.74, 6) is -1.16. The van der Waals surface area contributed by atoms with Gasteiger partial charge in [-0.1, -0.05) is 0 Å². The standard InChI is InChI=1S/C13H15BrF2O2/c14-10-2-3-11(15)9(12(10)16)6-13(7-17)4-1-5-18-8-13/h2-3,17H,1,4-8H2. The van der Waals surface area contributed by atoms with Crippen LogP contribution in [0.15, 0.2) is 16.6 Å². The zero-order chi connectivity index (χ0) is 13.2. The van der Waals surface area contributed by atoms with Crippen LogP contribution in [0.25, 0.3) is 0 Å². The summed E-state index contributed by atoms with van der Waals surface area (Å²) >= 11 is 3.05. The van der Waals surface area contributed by atoms with Gasteiger partial charge in [-0.25, -0.2) is 8.78 Å². The highest BCUT2D eigenvalue weighted by Crippen LogP contribution is 2.34. The lowest BCUT2D eigenvalue weighted by Crippen LogP contribution is -2.37. The van der Waals surface area contributed by atoms with Crippen molar-refractivity contribution in [2.45, 2.75) is 19.3 Å². The van der Waals surface area contributed by atoms with Gasteiger partial charge in [0, 0.05) is 17.6 Å². The van der Waals surface area contributed by atoms with Crippen LogP contribution in [0.1, 0.15) is 18.4 Å². The largest absolute Gasteiger partial charge is 0.396 e. The quantitative estimate of drug-likeness (QED) is 0.867. The van der Waals surface area contributed by atoms with Gasteiger partial charge in [-0.3, -0.25) is 0 Å². The van der Waals surface area contributed by atoms with Crippen molar-refractivity contribution >= 4 is 15.9 Å². The lowest BCUT2D eigenvalue weighted by molar-refractivity contribution is -0.0386. The van der Waals surface area contributed by atoms with Crippen molar-refractivity contribution in [3.8, 4) is 0 Å². The van der Waals surface area contributed by atoms with E-state index in [9.17, 15) is 13.9 Å². The van der Waals surface area contributed by atoms with Crippen molar-refractivity contribution < 1.29 is 18.6 Å². The highest BCUT2D eigenvalue weighted by molar-refractivity contribution is 9.10. The first-order chi connectivity index (χ1) is 8.58. The topological polar surface area (TPSA) is 29.5 Å². The molecule has 2 nitrogen and oxygen atoms in total. The molecule has 2 rings (SSSR count). The Balaban J connectivity index is 2.29. The number of benzene rings is 1. The Morgan fingerprint density at radius 1 is 1.39 bits per heavy atom. The third-order valence-electron chi connectivity index (χ3n) is 3.43. The smallest absolute Gasteiger partial charge is 0.143 e. The van der Waals surface area contributed by atoms with E-state index in [1.165, 1.54) is 12.1 Å². The third kappa shape index (κ3) is 2.73. The van der Waals surface area contributed by atoms with Gasteiger partial charge in [-0.05, 0) is 47.3 Å². The van der Waals surface area contributed by atoms with Crippen LogP contribution >= 0.6 is 15.9 Å². The molecule has 0 amide bonds. The average Bonchev–Trinajstić information content (AvgIpc) is 2.40. The number of ether oxygens (including phenoxy) is 1. The summed E-state index contributed by atoms with van der Waals surface area (Å²) in [5, 5.41) is 9.52. The Bertz CT molecular complexity index is 431. The highest BCUT2D eigenvalue weighted by atomic mass is 79.9. The maximum Gasteiger partial charge on any atom is 0.143 e. The molecule has 0 aromatic heterocycles. The lowest BCUT2D eigenvalue weighted by atomic mass is 9.78. The van der Waals surface area contributed by atoms with Crippen molar-refractivity contribution in [2.75, 3.05) is 19.8 Å². The Morgan fingerprint density at radius 3 is 2.78 bits per heavy atom. The fraction of sp³-hybridized carbons (Fsp3) is 0.538. The molecule has 1 saturated heterocycles. The normalized spacial score (nSPS) is 24.2. The van der Waals surface area contributed by atoms with E-state index in [0.29, 0.717) is 13.2 Å². The van der Waals surface area contributed by atoms with E-state index >= 15 is 0 Å². The number of halogens is 3. The molecule has 1 aliphatic heterocycles. The molecule has 1 fully saturated rings. The molecule has 1 heterocycles. The molecule has 5 heteroatoms. The van der Waals surface area contributed by atoms with Gasteiger partial charge in [-0.15, -0.1) is 0 Å². The van der Waals surface area contributed by atoms with Crippen molar-refractivity contribution in [3.05, 3.63) is 33.8 Å². The summed E-state index contributed by atoms with van der Waals surface area (Å²) in [5.41, 5.74) is -0.551. The minimum absolute atomic E-state index is 0.0175. The molecule has 0 spiro atoms. The number of hydrogen-bond donors (Lipinski definition) is 1. The van der Waals surface area contributed by atoms with Gasteiger partial charge < -0.3 is 9.84 Å². The SMILES string of the molecule is OCC1(Cc2c(F)ccc(Br)c2F)CCCOC1. The maximum atomic E-state index is 13.9. The van der Waals surface area contributed by atoms with Crippen molar-refractivity contribution in [1.82, 2.24) is 0 Å². The molecule has 1 atom stereocenters. The van der Waals surface area contributed by atoms with E-state index < -0.39 is 17.0 Å². The number of rotatable bonds is 3. The third-order valence-corrected chi connectivity index (χ3v) is 4.04. The predicted octanol–water partition coefficient (Wildman–Crippen LogP) is 3.06. The lowest BCUT2D eigenvalue weighted by Gasteiger charge is -2.35. The van der Waals surface area contributed by atoms with Crippen LogP contribution in [-0.2, 0) is 11.2 Å². The molecule has 1 aliphatic rings. The minimum Gasteiger partial charge on any atom is -0.396 e. The molecule has 18 heavy (non-hydrogen) atoms. The second-order valence-electron chi connectivity index (χ2n) is 4.81. The zero-order valence-electron chi connectivity index (χ0n) is 9.89.